The Kier molecular flexibility index (Phi) is 3.90. The highest BCUT2D eigenvalue weighted by atomic mass is 16.6. The third kappa shape index (κ3) is 2.65. The summed E-state index contributed by atoms with van der Waals surface area (Å²) < 4.78 is 0. The van der Waals surface area contributed by atoms with Gasteiger partial charge in [-0.1, -0.05) is 6.58 Å². The first-order valence-electron chi connectivity index (χ1n) is 3.54. The van der Waals surface area contributed by atoms with Gasteiger partial charge in [0.2, 0.25) is 0 Å². The second-order valence-electron chi connectivity index (χ2n) is 2.31. The Morgan fingerprint density at radius 3 is 2.33 bits per heavy atom. The van der Waals surface area contributed by atoms with Crippen molar-refractivity contribution in [3.05, 3.63) is 34.5 Å². The maximum atomic E-state index is 10.3. The Bertz CT molecular complexity index is 254. The lowest BCUT2D eigenvalue weighted by molar-refractivity contribution is -0.414. The topological polar surface area (TPSA) is 55.5 Å². The van der Waals surface area contributed by atoms with Crippen molar-refractivity contribution < 1.29 is 4.92 Å². The Hall–Kier alpha value is -1.45. The molecule has 0 aromatic rings. The van der Waals surface area contributed by atoms with Crippen molar-refractivity contribution in [2.75, 3.05) is 6.54 Å². The second-order valence-corrected chi connectivity index (χ2v) is 2.31. The first-order valence-corrected chi connectivity index (χ1v) is 3.54. The normalized spacial score (nSPS) is 11.0. The van der Waals surface area contributed by atoms with Gasteiger partial charge in [-0.25, -0.2) is 0 Å². The first kappa shape index (κ1) is 10.6. The van der Waals surface area contributed by atoms with E-state index in [4.69, 9.17) is 0 Å². The van der Waals surface area contributed by atoms with Crippen molar-refractivity contribution in [1.29, 1.82) is 0 Å². The zero-order valence-corrected chi connectivity index (χ0v) is 7.33. The van der Waals surface area contributed by atoms with Crippen LogP contribution in [0.15, 0.2) is 29.4 Å². The van der Waals surface area contributed by atoms with Crippen molar-refractivity contribution in [2.45, 2.75) is 13.8 Å². The summed E-state index contributed by atoms with van der Waals surface area (Å²) in [5.41, 5.74) is 0.672. The van der Waals surface area contributed by atoms with E-state index in [1.54, 1.807) is 13.8 Å². The molecule has 0 aliphatic carbocycles. The zero-order valence-electron chi connectivity index (χ0n) is 7.33. The molecule has 4 nitrogen and oxygen atoms in total. The molecule has 12 heavy (non-hydrogen) atoms. The summed E-state index contributed by atoms with van der Waals surface area (Å²) in [5.74, 6) is 0. The van der Waals surface area contributed by atoms with Crippen LogP contribution in [0.4, 0.5) is 0 Å². The summed E-state index contributed by atoms with van der Waals surface area (Å²) in [6.45, 7) is 10.9. The van der Waals surface area contributed by atoms with E-state index in [9.17, 15) is 10.1 Å². The van der Waals surface area contributed by atoms with Gasteiger partial charge in [0.15, 0.2) is 0 Å². The molecule has 0 aliphatic rings. The molecule has 0 unspecified atom stereocenters. The molecule has 0 saturated heterocycles. The predicted molar refractivity (Wildman–Crippen MR) is 48.9 cm³/mol. The van der Waals surface area contributed by atoms with Crippen molar-refractivity contribution >= 4 is 5.71 Å². The lowest BCUT2D eigenvalue weighted by atomic mass is 10.1. The van der Waals surface area contributed by atoms with Crippen LogP contribution in [0, 0.1) is 10.1 Å². The molecule has 0 radical (unpaired) electrons. The van der Waals surface area contributed by atoms with Crippen molar-refractivity contribution in [2.24, 2.45) is 4.99 Å². The SMILES string of the molecule is C=C(C)C(=NCC)C(=C)[N+](=O)[O-]. The molecule has 0 rings (SSSR count). The van der Waals surface area contributed by atoms with E-state index in [1.165, 1.54) is 0 Å². The molecule has 0 bridgehead atoms. The van der Waals surface area contributed by atoms with Gasteiger partial charge in [-0.05, 0) is 26.0 Å². The lowest BCUT2D eigenvalue weighted by Crippen LogP contribution is -2.11. The minimum atomic E-state index is -0.552. The molecule has 4 heteroatoms. The number of rotatable bonds is 4. The summed E-state index contributed by atoms with van der Waals surface area (Å²) in [5, 5.41) is 10.3. The van der Waals surface area contributed by atoms with E-state index in [-0.39, 0.29) is 5.70 Å². The summed E-state index contributed by atoms with van der Waals surface area (Å²) in [7, 11) is 0. The number of hydrogen-bond acceptors (Lipinski definition) is 3. The maximum absolute atomic E-state index is 10.3. The predicted octanol–water partition coefficient (Wildman–Crippen LogP) is 1.81. The standard InChI is InChI=1S/C8H12N2O2/c1-5-9-8(6(2)3)7(4)10(11)12/h2,4-5H2,1,3H3. The minimum absolute atomic E-state index is 0.190. The van der Waals surface area contributed by atoms with Gasteiger partial charge >= 0.3 is 0 Å². The van der Waals surface area contributed by atoms with Crippen LogP contribution in [-0.4, -0.2) is 17.2 Å². The van der Waals surface area contributed by atoms with Crippen LogP contribution in [0.5, 0.6) is 0 Å². The van der Waals surface area contributed by atoms with Crippen molar-refractivity contribution in [3.63, 3.8) is 0 Å². The fourth-order valence-corrected chi connectivity index (χ4v) is 0.717. The zero-order chi connectivity index (χ0) is 9.72. The van der Waals surface area contributed by atoms with Crippen LogP contribution in [0.3, 0.4) is 0 Å². The Labute approximate surface area is 71.5 Å². The number of allylic oxidation sites excluding steroid dienone is 1. The molecule has 0 N–H and O–H groups in total. The van der Waals surface area contributed by atoms with Crippen LogP contribution in [0.1, 0.15) is 13.8 Å². The Balaban J connectivity index is 4.77. The van der Waals surface area contributed by atoms with Gasteiger partial charge < -0.3 is 0 Å². The molecule has 0 amide bonds. The fourth-order valence-electron chi connectivity index (χ4n) is 0.717. The smallest absolute Gasteiger partial charge is 0.278 e. The molecule has 0 saturated carbocycles. The molecular weight excluding hydrogens is 156 g/mol. The highest BCUT2D eigenvalue weighted by Gasteiger charge is 2.15. The van der Waals surface area contributed by atoms with Gasteiger partial charge in [0, 0.05) is 6.54 Å². The monoisotopic (exact) mass is 168 g/mol. The molecule has 0 aromatic heterocycles. The first-order chi connectivity index (χ1) is 5.50. The maximum Gasteiger partial charge on any atom is 0.287 e. The molecule has 66 valence electrons. The lowest BCUT2D eigenvalue weighted by Gasteiger charge is -2.00. The van der Waals surface area contributed by atoms with Crippen LogP contribution in [-0.2, 0) is 0 Å². The summed E-state index contributed by atoms with van der Waals surface area (Å²) in [6, 6.07) is 0. The van der Waals surface area contributed by atoms with Gasteiger partial charge in [-0.3, -0.25) is 15.1 Å². The third-order valence-corrected chi connectivity index (χ3v) is 1.21. The van der Waals surface area contributed by atoms with Crippen LogP contribution in [0.25, 0.3) is 0 Å². The molecule has 0 atom stereocenters. The molecule has 0 aromatic carbocycles. The number of nitrogens with zero attached hydrogens (tertiary/aromatic N) is 2. The molecule has 0 aliphatic heterocycles. The third-order valence-electron chi connectivity index (χ3n) is 1.21. The van der Waals surface area contributed by atoms with Gasteiger partial charge in [0.1, 0.15) is 5.71 Å². The van der Waals surface area contributed by atoms with E-state index < -0.39 is 4.92 Å². The van der Waals surface area contributed by atoms with E-state index >= 15 is 0 Å². The summed E-state index contributed by atoms with van der Waals surface area (Å²) in [4.78, 5) is 13.7. The average Bonchev–Trinajstić information content (AvgIpc) is 1.98. The highest BCUT2D eigenvalue weighted by Crippen LogP contribution is 2.04. The average molecular weight is 168 g/mol. The minimum Gasteiger partial charge on any atom is -0.278 e. The van der Waals surface area contributed by atoms with E-state index in [2.05, 4.69) is 18.2 Å². The van der Waals surface area contributed by atoms with Crippen LogP contribution in [0.2, 0.25) is 0 Å². The Morgan fingerprint density at radius 2 is 2.08 bits per heavy atom. The van der Waals surface area contributed by atoms with Crippen molar-refractivity contribution in [1.82, 2.24) is 0 Å². The van der Waals surface area contributed by atoms with E-state index in [0.29, 0.717) is 17.8 Å². The molecule has 0 heterocycles. The largest absolute Gasteiger partial charge is 0.287 e. The van der Waals surface area contributed by atoms with Gasteiger partial charge in [-0.2, -0.15) is 0 Å². The van der Waals surface area contributed by atoms with E-state index in [0.717, 1.165) is 0 Å². The van der Waals surface area contributed by atoms with E-state index in [1.807, 2.05) is 0 Å². The summed E-state index contributed by atoms with van der Waals surface area (Å²) >= 11 is 0. The highest BCUT2D eigenvalue weighted by molar-refractivity contribution is 6.09. The van der Waals surface area contributed by atoms with Gasteiger partial charge in [0.05, 0.1) is 4.92 Å². The molecule has 0 fully saturated rings. The summed E-state index contributed by atoms with van der Waals surface area (Å²) in [6.07, 6.45) is 0. The number of hydrogen-bond donors (Lipinski definition) is 0. The second kappa shape index (κ2) is 4.43. The number of nitro groups is 1. The Morgan fingerprint density at radius 1 is 1.58 bits per heavy atom. The molecule has 0 spiro atoms. The quantitative estimate of drug-likeness (QED) is 0.365. The molecular formula is C8H12N2O2. The fraction of sp³-hybridized carbons (Fsp3) is 0.375. The van der Waals surface area contributed by atoms with Gasteiger partial charge in [-0.15, -0.1) is 0 Å². The van der Waals surface area contributed by atoms with Crippen LogP contribution >= 0.6 is 0 Å². The van der Waals surface area contributed by atoms with Gasteiger partial charge in [0.25, 0.3) is 5.70 Å². The number of aliphatic imine (C=N–C) groups is 1. The van der Waals surface area contributed by atoms with Crippen LogP contribution < -0.4 is 0 Å². The van der Waals surface area contributed by atoms with Crippen molar-refractivity contribution in [3.8, 4) is 0 Å².